The van der Waals surface area contributed by atoms with Crippen LogP contribution in [0.15, 0.2) is 41.3 Å². The Hall–Kier alpha value is -0.620. The molecule has 74 valence electrons. The minimum absolute atomic E-state index is 0.704. The number of hydrogen-bond donors (Lipinski definition) is 0. The summed E-state index contributed by atoms with van der Waals surface area (Å²) in [7, 11) is 1.61. The van der Waals surface area contributed by atoms with E-state index in [9.17, 15) is 0 Å². The minimum Gasteiger partial charge on any atom is -0.222 e. The second-order valence-electron chi connectivity index (χ2n) is 2.41. The van der Waals surface area contributed by atoms with Crippen molar-refractivity contribution in [2.45, 2.75) is 0 Å². The van der Waals surface area contributed by atoms with Crippen molar-refractivity contribution in [3.8, 4) is 0 Å². The van der Waals surface area contributed by atoms with Gasteiger partial charge in [0.2, 0.25) is 0 Å². The molecular weight excluding hydrogens is 312 g/mol. The van der Waals surface area contributed by atoms with Crippen molar-refractivity contribution in [1.82, 2.24) is 0 Å². The van der Waals surface area contributed by atoms with E-state index in [0.29, 0.717) is 5.02 Å². The van der Waals surface area contributed by atoms with Gasteiger partial charge in [-0.1, -0.05) is 23.4 Å². The Morgan fingerprint density at radius 3 is 2.79 bits per heavy atom. The van der Waals surface area contributed by atoms with Gasteiger partial charge in [0.25, 0.3) is 0 Å². The van der Waals surface area contributed by atoms with E-state index in [1.54, 1.807) is 24.3 Å². The van der Waals surface area contributed by atoms with E-state index in [0.717, 1.165) is 9.26 Å². The molecule has 0 saturated heterocycles. The summed E-state index contributed by atoms with van der Waals surface area (Å²) in [5.74, 6) is 0. The maximum atomic E-state index is 5.84. The Morgan fingerprint density at radius 1 is 1.57 bits per heavy atom. The van der Waals surface area contributed by atoms with Crippen molar-refractivity contribution in [3.63, 3.8) is 0 Å². The first kappa shape index (κ1) is 11.5. The minimum atomic E-state index is 0.704. The van der Waals surface area contributed by atoms with E-state index in [1.807, 2.05) is 12.1 Å². The first-order valence-electron chi connectivity index (χ1n) is 3.85. The molecule has 1 aromatic rings. The smallest absolute Gasteiger partial charge is 0.0796 e. The first-order valence-corrected chi connectivity index (χ1v) is 5.31. The van der Waals surface area contributed by atoms with Crippen molar-refractivity contribution in [2.75, 3.05) is 12.1 Å². The highest BCUT2D eigenvalue weighted by atomic mass is 127. The van der Waals surface area contributed by atoms with Crippen LogP contribution in [0.25, 0.3) is 0 Å². The van der Waals surface area contributed by atoms with Crippen molar-refractivity contribution in [1.29, 1.82) is 0 Å². The summed E-state index contributed by atoms with van der Waals surface area (Å²) in [5.41, 5.74) is 0.913. The molecule has 0 unspecified atom stereocenters. The number of nitrogens with zero attached hydrogens (tertiary/aromatic N) is 3. The SMILES string of the molecule is C=CN(N=NC)c1ccc(Cl)cc1I. The molecule has 0 aliphatic rings. The van der Waals surface area contributed by atoms with E-state index in [-0.39, 0.29) is 0 Å². The third-order valence-electron chi connectivity index (χ3n) is 1.52. The Kier molecular flexibility index (Phi) is 4.34. The van der Waals surface area contributed by atoms with Crippen LogP contribution in [0.5, 0.6) is 0 Å². The number of anilines is 1. The monoisotopic (exact) mass is 321 g/mol. The van der Waals surface area contributed by atoms with Gasteiger partial charge in [-0.25, -0.2) is 5.01 Å². The molecule has 5 heteroatoms. The highest BCUT2D eigenvalue weighted by Gasteiger charge is 2.05. The van der Waals surface area contributed by atoms with Crippen LogP contribution in [0, 0.1) is 3.57 Å². The average Bonchev–Trinajstić information content (AvgIpc) is 2.15. The van der Waals surface area contributed by atoms with E-state index in [2.05, 4.69) is 39.5 Å². The lowest BCUT2D eigenvalue weighted by Crippen LogP contribution is -2.07. The molecule has 0 aliphatic heterocycles. The van der Waals surface area contributed by atoms with Gasteiger partial charge in [-0.15, -0.1) is 0 Å². The second-order valence-corrected chi connectivity index (χ2v) is 4.01. The highest BCUT2D eigenvalue weighted by Crippen LogP contribution is 2.26. The Morgan fingerprint density at radius 2 is 2.29 bits per heavy atom. The molecule has 0 heterocycles. The average molecular weight is 322 g/mol. The van der Waals surface area contributed by atoms with E-state index < -0.39 is 0 Å². The van der Waals surface area contributed by atoms with Gasteiger partial charge < -0.3 is 0 Å². The fourth-order valence-corrected chi connectivity index (χ4v) is 2.07. The Balaban J connectivity index is 3.10. The normalized spacial score (nSPS) is 10.5. The van der Waals surface area contributed by atoms with E-state index >= 15 is 0 Å². The molecule has 0 aromatic heterocycles. The lowest BCUT2D eigenvalue weighted by Gasteiger charge is -2.13. The molecule has 1 aromatic carbocycles. The molecule has 3 nitrogen and oxygen atoms in total. The summed E-state index contributed by atoms with van der Waals surface area (Å²) in [4.78, 5) is 0. The van der Waals surface area contributed by atoms with Crippen LogP contribution in [0.4, 0.5) is 5.69 Å². The zero-order chi connectivity index (χ0) is 10.6. The maximum Gasteiger partial charge on any atom is 0.0796 e. The van der Waals surface area contributed by atoms with Crippen LogP contribution in [0.2, 0.25) is 5.02 Å². The summed E-state index contributed by atoms with van der Waals surface area (Å²) in [5, 5.41) is 9.89. The third-order valence-corrected chi connectivity index (χ3v) is 2.61. The molecule has 0 amide bonds. The van der Waals surface area contributed by atoms with Crippen LogP contribution in [0.1, 0.15) is 0 Å². The first-order chi connectivity index (χ1) is 6.69. The predicted molar refractivity (Wildman–Crippen MR) is 67.6 cm³/mol. The number of rotatable bonds is 3. The van der Waals surface area contributed by atoms with Crippen LogP contribution in [0.3, 0.4) is 0 Å². The van der Waals surface area contributed by atoms with Gasteiger partial charge >= 0.3 is 0 Å². The van der Waals surface area contributed by atoms with Crippen molar-refractivity contribution in [3.05, 3.63) is 39.6 Å². The summed E-state index contributed by atoms with van der Waals surface area (Å²) < 4.78 is 1.00. The molecule has 1 rings (SSSR count). The third kappa shape index (κ3) is 2.68. The van der Waals surface area contributed by atoms with Gasteiger partial charge in [-0.3, -0.25) is 0 Å². The van der Waals surface area contributed by atoms with Crippen LogP contribution >= 0.6 is 34.2 Å². The predicted octanol–water partition coefficient (Wildman–Crippen LogP) is 3.89. The summed E-state index contributed by atoms with van der Waals surface area (Å²) >= 11 is 8.03. The molecule has 0 saturated carbocycles. The molecule has 0 radical (unpaired) electrons. The Labute approximate surface area is 102 Å². The van der Waals surface area contributed by atoms with Gasteiger partial charge in [-0.2, -0.15) is 5.11 Å². The summed E-state index contributed by atoms with van der Waals surface area (Å²) in [6, 6.07) is 5.54. The lowest BCUT2D eigenvalue weighted by atomic mass is 10.3. The van der Waals surface area contributed by atoms with Crippen LogP contribution in [-0.2, 0) is 0 Å². The molecule has 0 bridgehead atoms. The van der Waals surface area contributed by atoms with Gasteiger partial charge in [0.05, 0.1) is 12.7 Å². The zero-order valence-corrected chi connectivity index (χ0v) is 10.5. The van der Waals surface area contributed by atoms with Crippen molar-refractivity contribution >= 4 is 39.9 Å². The van der Waals surface area contributed by atoms with Gasteiger partial charge in [-0.05, 0) is 40.8 Å². The molecule has 0 fully saturated rings. The summed E-state index contributed by atoms with van der Waals surface area (Å²) in [6.07, 6.45) is 1.60. The molecular formula is C9H9ClIN3. The fourth-order valence-electron chi connectivity index (χ4n) is 0.946. The topological polar surface area (TPSA) is 28.0 Å². The van der Waals surface area contributed by atoms with E-state index in [1.165, 1.54) is 0 Å². The number of hydrogen-bond acceptors (Lipinski definition) is 2. The molecule has 0 atom stereocenters. The van der Waals surface area contributed by atoms with Gasteiger partial charge in [0, 0.05) is 14.8 Å². The fraction of sp³-hybridized carbons (Fsp3) is 0.111. The second kappa shape index (κ2) is 5.31. The van der Waals surface area contributed by atoms with Crippen molar-refractivity contribution < 1.29 is 0 Å². The number of halogens is 2. The standard InChI is InChI=1S/C9H9ClIN3/c1-3-14(13-12-2)9-5-4-7(10)6-8(9)11/h3-6H,1H2,2H3. The summed E-state index contributed by atoms with van der Waals surface area (Å²) in [6.45, 7) is 3.66. The van der Waals surface area contributed by atoms with Gasteiger partial charge in [0.1, 0.15) is 0 Å². The van der Waals surface area contributed by atoms with Crippen LogP contribution < -0.4 is 5.01 Å². The number of benzene rings is 1. The van der Waals surface area contributed by atoms with E-state index in [4.69, 9.17) is 11.6 Å². The Bertz CT molecular complexity index is 365. The van der Waals surface area contributed by atoms with Gasteiger partial charge in [0.15, 0.2) is 0 Å². The molecule has 0 aliphatic carbocycles. The zero-order valence-electron chi connectivity index (χ0n) is 7.61. The maximum absolute atomic E-state index is 5.84. The highest BCUT2D eigenvalue weighted by molar-refractivity contribution is 14.1. The largest absolute Gasteiger partial charge is 0.222 e. The molecule has 0 spiro atoms. The molecule has 14 heavy (non-hydrogen) atoms. The lowest BCUT2D eigenvalue weighted by molar-refractivity contribution is 0.940. The molecule has 0 N–H and O–H groups in total. The van der Waals surface area contributed by atoms with Crippen LogP contribution in [-0.4, -0.2) is 7.05 Å². The quantitative estimate of drug-likeness (QED) is 0.471. The van der Waals surface area contributed by atoms with Crippen molar-refractivity contribution in [2.24, 2.45) is 10.3 Å².